The number of aryl methyl sites for hydroxylation is 2. The van der Waals surface area contributed by atoms with Crippen LogP contribution in [0.15, 0.2) is 42.5 Å². The van der Waals surface area contributed by atoms with E-state index in [1.165, 1.54) is 5.56 Å². The Bertz CT molecular complexity index is 785. The lowest BCUT2D eigenvalue weighted by Gasteiger charge is -2.37. The predicted octanol–water partition coefficient (Wildman–Crippen LogP) is 4.07. The van der Waals surface area contributed by atoms with Crippen LogP contribution in [0.1, 0.15) is 18.1 Å². The topological polar surface area (TPSA) is 32.8 Å². The van der Waals surface area contributed by atoms with Gasteiger partial charge >= 0.3 is 0 Å². The zero-order valence-corrected chi connectivity index (χ0v) is 16.3. The van der Waals surface area contributed by atoms with E-state index in [-0.39, 0.29) is 5.91 Å². The summed E-state index contributed by atoms with van der Waals surface area (Å²) < 4.78 is 5.88. The smallest absolute Gasteiger partial charge is 0.263 e. The Morgan fingerprint density at radius 1 is 1.04 bits per heavy atom. The van der Waals surface area contributed by atoms with Gasteiger partial charge < -0.3 is 14.5 Å². The molecule has 0 aliphatic carbocycles. The summed E-state index contributed by atoms with van der Waals surface area (Å²) in [6.45, 7) is 8.86. The first-order valence-electron chi connectivity index (χ1n) is 8.98. The SMILES string of the molecule is Cc1ccccc1O[C@H](C)C(=O)N1CCN(c2cc(Cl)ccc2C)CC1. The summed E-state index contributed by atoms with van der Waals surface area (Å²) in [7, 11) is 0. The Labute approximate surface area is 160 Å². The second kappa shape index (κ2) is 8.00. The number of benzene rings is 2. The molecule has 3 rings (SSSR count). The fourth-order valence-electron chi connectivity index (χ4n) is 3.28. The van der Waals surface area contributed by atoms with Crippen molar-refractivity contribution < 1.29 is 9.53 Å². The number of rotatable bonds is 4. The quantitative estimate of drug-likeness (QED) is 0.810. The van der Waals surface area contributed by atoms with Gasteiger partial charge in [-0.25, -0.2) is 0 Å². The van der Waals surface area contributed by atoms with Crippen molar-refractivity contribution >= 4 is 23.2 Å². The number of ether oxygens (including phenoxy) is 1. The van der Waals surface area contributed by atoms with Crippen LogP contribution in [0, 0.1) is 13.8 Å². The Morgan fingerprint density at radius 2 is 1.73 bits per heavy atom. The first-order valence-corrected chi connectivity index (χ1v) is 9.35. The van der Waals surface area contributed by atoms with Crippen LogP contribution >= 0.6 is 11.6 Å². The second-order valence-electron chi connectivity index (χ2n) is 6.77. The van der Waals surface area contributed by atoms with Gasteiger partial charge in [-0.15, -0.1) is 0 Å². The number of halogens is 1. The van der Waals surface area contributed by atoms with Crippen molar-refractivity contribution in [2.45, 2.75) is 26.9 Å². The molecular formula is C21H25ClN2O2. The van der Waals surface area contributed by atoms with Crippen LogP contribution in [0.25, 0.3) is 0 Å². The molecule has 0 spiro atoms. The molecule has 5 heteroatoms. The number of para-hydroxylation sites is 1. The van der Waals surface area contributed by atoms with Gasteiger partial charge in [0, 0.05) is 36.9 Å². The van der Waals surface area contributed by atoms with Crippen molar-refractivity contribution in [3.63, 3.8) is 0 Å². The molecular weight excluding hydrogens is 348 g/mol. The summed E-state index contributed by atoms with van der Waals surface area (Å²) in [5.41, 5.74) is 3.38. The third-order valence-corrected chi connectivity index (χ3v) is 5.08. The van der Waals surface area contributed by atoms with Gasteiger partial charge in [-0.2, -0.15) is 0 Å². The van der Waals surface area contributed by atoms with Crippen molar-refractivity contribution in [3.05, 3.63) is 58.6 Å². The number of carbonyl (C=O) groups excluding carboxylic acids is 1. The maximum atomic E-state index is 12.7. The molecule has 0 unspecified atom stereocenters. The molecule has 1 saturated heterocycles. The summed E-state index contributed by atoms with van der Waals surface area (Å²) in [4.78, 5) is 16.9. The standard InChI is InChI=1S/C21H25ClN2O2/c1-15-8-9-18(22)14-19(15)23-10-12-24(13-11-23)21(25)17(3)26-20-7-5-4-6-16(20)2/h4-9,14,17H,10-13H2,1-3H3/t17-/m1/s1. The minimum Gasteiger partial charge on any atom is -0.481 e. The van der Waals surface area contributed by atoms with Crippen molar-refractivity contribution in [1.29, 1.82) is 0 Å². The number of carbonyl (C=O) groups is 1. The van der Waals surface area contributed by atoms with Crippen molar-refractivity contribution in [2.75, 3.05) is 31.1 Å². The molecule has 1 atom stereocenters. The number of amides is 1. The zero-order chi connectivity index (χ0) is 18.7. The van der Waals surface area contributed by atoms with Gasteiger partial charge in [0.15, 0.2) is 6.10 Å². The monoisotopic (exact) mass is 372 g/mol. The molecule has 2 aromatic carbocycles. The summed E-state index contributed by atoms with van der Waals surface area (Å²) in [5, 5.41) is 0.740. The number of nitrogens with zero attached hydrogens (tertiary/aromatic N) is 2. The molecule has 0 aromatic heterocycles. The average molecular weight is 373 g/mol. The molecule has 1 fully saturated rings. The second-order valence-corrected chi connectivity index (χ2v) is 7.21. The molecule has 0 saturated carbocycles. The summed E-state index contributed by atoms with van der Waals surface area (Å²) in [5.74, 6) is 0.803. The number of hydrogen-bond acceptors (Lipinski definition) is 3. The third-order valence-electron chi connectivity index (χ3n) is 4.85. The Morgan fingerprint density at radius 3 is 2.42 bits per heavy atom. The molecule has 1 amide bonds. The number of hydrogen-bond donors (Lipinski definition) is 0. The van der Waals surface area contributed by atoms with Gasteiger partial charge in [0.25, 0.3) is 5.91 Å². The van der Waals surface area contributed by atoms with Crippen molar-refractivity contribution in [1.82, 2.24) is 4.90 Å². The van der Waals surface area contributed by atoms with Crippen LogP contribution in [0.3, 0.4) is 0 Å². The Hall–Kier alpha value is -2.20. The van der Waals surface area contributed by atoms with Gasteiger partial charge in [0.2, 0.25) is 0 Å². The highest BCUT2D eigenvalue weighted by Gasteiger charge is 2.26. The largest absolute Gasteiger partial charge is 0.481 e. The molecule has 4 nitrogen and oxygen atoms in total. The van der Waals surface area contributed by atoms with E-state index in [2.05, 4.69) is 11.8 Å². The molecule has 1 aliphatic rings. The van der Waals surface area contributed by atoms with E-state index in [1.54, 1.807) is 0 Å². The molecule has 0 radical (unpaired) electrons. The Kier molecular flexibility index (Phi) is 5.72. The van der Waals surface area contributed by atoms with E-state index < -0.39 is 6.10 Å². The zero-order valence-electron chi connectivity index (χ0n) is 15.5. The fraction of sp³-hybridized carbons (Fsp3) is 0.381. The maximum Gasteiger partial charge on any atom is 0.263 e. The van der Waals surface area contributed by atoms with E-state index >= 15 is 0 Å². The Balaban J connectivity index is 1.59. The molecule has 26 heavy (non-hydrogen) atoms. The highest BCUT2D eigenvalue weighted by molar-refractivity contribution is 6.30. The lowest BCUT2D eigenvalue weighted by molar-refractivity contribution is -0.138. The normalized spacial score (nSPS) is 15.7. The minimum absolute atomic E-state index is 0.0377. The fourth-order valence-corrected chi connectivity index (χ4v) is 3.44. The summed E-state index contributed by atoms with van der Waals surface area (Å²) in [6, 6.07) is 13.7. The van der Waals surface area contributed by atoms with Crippen molar-refractivity contribution in [3.8, 4) is 5.75 Å². The predicted molar refractivity (Wildman–Crippen MR) is 106 cm³/mol. The highest BCUT2D eigenvalue weighted by Crippen LogP contribution is 2.25. The lowest BCUT2D eigenvalue weighted by Crippen LogP contribution is -2.52. The van der Waals surface area contributed by atoms with E-state index in [9.17, 15) is 4.79 Å². The molecule has 138 valence electrons. The first kappa shape index (κ1) is 18.6. The van der Waals surface area contributed by atoms with Crippen LogP contribution in [-0.2, 0) is 4.79 Å². The van der Waals surface area contributed by atoms with Gasteiger partial charge in [0.05, 0.1) is 0 Å². The average Bonchev–Trinajstić information content (AvgIpc) is 2.65. The third kappa shape index (κ3) is 4.13. The lowest BCUT2D eigenvalue weighted by atomic mass is 10.1. The highest BCUT2D eigenvalue weighted by atomic mass is 35.5. The summed E-state index contributed by atoms with van der Waals surface area (Å²) >= 11 is 6.14. The number of piperazine rings is 1. The van der Waals surface area contributed by atoms with E-state index in [0.29, 0.717) is 13.1 Å². The van der Waals surface area contributed by atoms with E-state index in [1.807, 2.05) is 61.2 Å². The molecule has 0 bridgehead atoms. The van der Waals surface area contributed by atoms with E-state index in [0.717, 1.165) is 35.1 Å². The first-order chi connectivity index (χ1) is 12.5. The van der Waals surface area contributed by atoms with Gasteiger partial charge in [-0.05, 0) is 50.1 Å². The van der Waals surface area contributed by atoms with Crippen LogP contribution in [0.5, 0.6) is 5.75 Å². The molecule has 1 aliphatic heterocycles. The minimum atomic E-state index is -0.490. The summed E-state index contributed by atoms with van der Waals surface area (Å²) in [6.07, 6.45) is -0.490. The van der Waals surface area contributed by atoms with Crippen LogP contribution in [0.4, 0.5) is 5.69 Å². The van der Waals surface area contributed by atoms with E-state index in [4.69, 9.17) is 16.3 Å². The van der Waals surface area contributed by atoms with Crippen LogP contribution < -0.4 is 9.64 Å². The molecule has 0 N–H and O–H groups in total. The van der Waals surface area contributed by atoms with Crippen LogP contribution in [0.2, 0.25) is 5.02 Å². The van der Waals surface area contributed by atoms with Gasteiger partial charge in [0.1, 0.15) is 5.75 Å². The van der Waals surface area contributed by atoms with Crippen LogP contribution in [-0.4, -0.2) is 43.1 Å². The maximum absolute atomic E-state index is 12.7. The van der Waals surface area contributed by atoms with Crippen molar-refractivity contribution in [2.24, 2.45) is 0 Å². The molecule has 1 heterocycles. The number of anilines is 1. The van der Waals surface area contributed by atoms with Gasteiger partial charge in [-0.1, -0.05) is 35.9 Å². The van der Waals surface area contributed by atoms with Gasteiger partial charge in [-0.3, -0.25) is 4.79 Å². The molecule has 2 aromatic rings.